The lowest BCUT2D eigenvalue weighted by atomic mass is 10.1. The predicted molar refractivity (Wildman–Crippen MR) is 126 cm³/mol. The van der Waals surface area contributed by atoms with Crippen molar-refractivity contribution in [2.45, 2.75) is 13.0 Å². The lowest BCUT2D eigenvalue weighted by Crippen LogP contribution is -2.25. The number of hydrogen-bond acceptors (Lipinski definition) is 7. The molecule has 0 bridgehead atoms. The number of imidazole rings is 1. The van der Waals surface area contributed by atoms with Crippen LogP contribution in [0.15, 0.2) is 89.9 Å². The van der Waals surface area contributed by atoms with Gasteiger partial charge in [0.05, 0.1) is 30.1 Å². The molecule has 10 heteroatoms. The Kier molecular flexibility index (Phi) is 6.10. The maximum Gasteiger partial charge on any atom is 0.251 e. The van der Waals surface area contributed by atoms with Gasteiger partial charge < -0.3 is 10.3 Å². The van der Waals surface area contributed by atoms with Gasteiger partial charge in [-0.15, -0.1) is 5.11 Å². The molecule has 5 rings (SSSR count). The van der Waals surface area contributed by atoms with Crippen molar-refractivity contribution in [3.8, 4) is 5.69 Å². The second-order valence-corrected chi connectivity index (χ2v) is 7.51. The number of carbonyl (C=O) groups excluding carboxylic acids is 1. The molecule has 0 aliphatic rings. The number of amides is 1. The molecule has 3 aromatic heterocycles. The summed E-state index contributed by atoms with van der Waals surface area (Å²) in [5.74, 6) is 0.340. The topological polar surface area (TPSA) is 126 Å². The van der Waals surface area contributed by atoms with Crippen molar-refractivity contribution >= 4 is 22.8 Å². The van der Waals surface area contributed by atoms with E-state index < -0.39 is 0 Å². The van der Waals surface area contributed by atoms with Gasteiger partial charge in [-0.3, -0.25) is 4.79 Å². The van der Waals surface area contributed by atoms with Crippen LogP contribution in [-0.2, 0) is 13.0 Å². The van der Waals surface area contributed by atoms with Gasteiger partial charge in [0.15, 0.2) is 11.5 Å². The molecular weight excluding hydrogens is 430 g/mol. The van der Waals surface area contributed by atoms with E-state index in [9.17, 15) is 4.79 Å². The van der Waals surface area contributed by atoms with E-state index in [1.165, 1.54) is 6.33 Å². The van der Waals surface area contributed by atoms with Gasteiger partial charge in [-0.2, -0.15) is 10.2 Å². The predicted octanol–water partition coefficient (Wildman–Crippen LogP) is 3.80. The molecule has 0 spiro atoms. The maximum atomic E-state index is 12.3. The highest BCUT2D eigenvalue weighted by molar-refractivity contribution is 5.94. The van der Waals surface area contributed by atoms with E-state index in [1.54, 1.807) is 35.5 Å². The molecule has 0 saturated heterocycles. The van der Waals surface area contributed by atoms with Crippen molar-refractivity contribution in [3.05, 3.63) is 96.5 Å². The van der Waals surface area contributed by atoms with Gasteiger partial charge in [0.1, 0.15) is 6.33 Å². The van der Waals surface area contributed by atoms with Gasteiger partial charge in [-0.05, 0) is 29.8 Å². The van der Waals surface area contributed by atoms with Gasteiger partial charge in [0, 0.05) is 30.4 Å². The lowest BCUT2D eigenvalue weighted by molar-refractivity contribution is 0.0954. The summed E-state index contributed by atoms with van der Waals surface area (Å²) < 4.78 is 1.74. The SMILES string of the molecule is O=C(NCCc1cnc[nH]1)c1ccc(CN=Nc2ncnc3c2cnn3-c2ccccc2)cc1. The van der Waals surface area contributed by atoms with Crippen molar-refractivity contribution in [1.82, 2.24) is 35.0 Å². The molecule has 0 aliphatic carbocycles. The van der Waals surface area contributed by atoms with Gasteiger partial charge in [0.2, 0.25) is 0 Å². The van der Waals surface area contributed by atoms with Crippen molar-refractivity contribution in [2.24, 2.45) is 10.2 Å². The molecule has 168 valence electrons. The maximum absolute atomic E-state index is 12.3. The van der Waals surface area contributed by atoms with Crippen LogP contribution >= 0.6 is 0 Å². The summed E-state index contributed by atoms with van der Waals surface area (Å²) in [6, 6.07) is 17.1. The number of aromatic nitrogens is 6. The number of aromatic amines is 1. The van der Waals surface area contributed by atoms with Crippen LogP contribution in [0.5, 0.6) is 0 Å². The Morgan fingerprint density at radius 2 is 1.88 bits per heavy atom. The first kappa shape index (κ1) is 21.1. The fraction of sp³-hybridized carbons (Fsp3) is 0.125. The minimum Gasteiger partial charge on any atom is -0.352 e. The number of carbonyl (C=O) groups is 1. The van der Waals surface area contributed by atoms with Gasteiger partial charge >= 0.3 is 0 Å². The minimum absolute atomic E-state index is 0.119. The Morgan fingerprint density at radius 3 is 2.68 bits per heavy atom. The Labute approximate surface area is 194 Å². The quantitative estimate of drug-likeness (QED) is 0.347. The van der Waals surface area contributed by atoms with Crippen LogP contribution in [0, 0.1) is 0 Å². The van der Waals surface area contributed by atoms with Crippen LogP contribution in [0.1, 0.15) is 21.6 Å². The summed E-state index contributed by atoms with van der Waals surface area (Å²) >= 11 is 0. The van der Waals surface area contributed by atoms with Gasteiger partial charge in [0.25, 0.3) is 5.91 Å². The zero-order valence-corrected chi connectivity index (χ0v) is 18.2. The summed E-state index contributed by atoms with van der Waals surface area (Å²) in [4.78, 5) is 27.9. The van der Waals surface area contributed by atoms with Crippen LogP contribution in [0.4, 0.5) is 5.82 Å². The lowest BCUT2D eigenvalue weighted by Gasteiger charge is -2.05. The molecule has 10 nitrogen and oxygen atoms in total. The molecule has 2 N–H and O–H groups in total. The highest BCUT2D eigenvalue weighted by atomic mass is 16.1. The summed E-state index contributed by atoms with van der Waals surface area (Å²) in [5, 5.41) is 16.6. The largest absolute Gasteiger partial charge is 0.352 e. The number of para-hydroxylation sites is 1. The molecule has 1 amide bonds. The number of nitrogens with zero attached hydrogens (tertiary/aromatic N) is 7. The molecule has 0 aliphatic heterocycles. The zero-order valence-electron chi connectivity index (χ0n) is 18.2. The Bertz CT molecular complexity index is 1410. The van der Waals surface area contributed by atoms with Crippen LogP contribution in [0.3, 0.4) is 0 Å². The number of hydrogen-bond donors (Lipinski definition) is 2. The number of benzene rings is 2. The molecule has 34 heavy (non-hydrogen) atoms. The first-order chi connectivity index (χ1) is 16.8. The average Bonchev–Trinajstić information content (AvgIpc) is 3.55. The van der Waals surface area contributed by atoms with Crippen molar-refractivity contribution in [2.75, 3.05) is 6.54 Å². The van der Waals surface area contributed by atoms with E-state index in [1.807, 2.05) is 42.5 Å². The monoisotopic (exact) mass is 451 g/mol. The number of azo groups is 1. The van der Waals surface area contributed by atoms with Crippen LogP contribution < -0.4 is 5.32 Å². The summed E-state index contributed by atoms with van der Waals surface area (Å²) in [6.07, 6.45) is 7.22. The van der Waals surface area contributed by atoms with E-state index in [2.05, 4.69) is 40.6 Å². The molecule has 0 fully saturated rings. The molecule has 2 aromatic carbocycles. The fourth-order valence-electron chi connectivity index (χ4n) is 3.45. The van der Waals surface area contributed by atoms with Crippen molar-refractivity contribution < 1.29 is 4.79 Å². The first-order valence-electron chi connectivity index (χ1n) is 10.7. The van der Waals surface area contributed by atoms with Crippen LogP contribution in [-0.4, -0.2) is 42.2 Å². The van der Waals surface area contributed by atoms with E-state index in [0.717, 1.165) is 22.3 Å². The average molecular weight is 451 g/mol. The number of rotatable bonds is 8. The normalized spacial score (nSPS) is 11.3. The molecule has 3 heterocycles. The number of H-pyrrole nitrogens is 1. The Balaban J connectivity index is 1.21. The molecule has 0 radical (unpaired) electrons. The summed E-state index contributed by atoms with van der Waals surface area (Å²) in [5.41, 5.74) is 4.08. The van der Waals surface area contributed by atoms with Gasteiger partial charge in [-0.1, -0.05) is 30.3 Å². The van der Waals surface area contributed by atoms with E-state index in [0.29, 0.717) is 36.5 Å². The highest BCUT2D eigenvalue weighted by Gasteiger charge is 2.10. The molecule has 0 atom stereocenters. The minimum atomic E-state index is -0.119. The van der Waals surface area contributed by atoms with Gasteiger partial charge in [-0.25, -0.2) is 19.6 Å². The third-order valence-corrected chi connectivity index (χ3v) is 5.22. The summed E-state index contributed by atoms with van der Waals surface area (Å²) in [6.45, 7) is 0.894. The second-order valence-electron chi connectivity index (χ2n) is 7.51. The molecule has 0 saturated carbocycles. The van der Waals surface area contributed by atoms with E-state index in [4.69, 9.17) is 0 Å². The number of fused-ring (bicyclic) bond motifs is 1. The second kappa shape index (κ2) is 9.82. The standard InChI is InChI=1S/C24H21N9O/c34-24(26-11-10-19-13-25-15-27-19)18-8-6-17(7-9-18)12-30-32-22-21-14-31-33(23(21)29-16-28-22)20-4-2-1-3-5-20/h1-9,13-16H,10-12H2,(H,25,27)(H,26,34). The van der Waals surface area contributed by atoms with Crippen molar-refractivity contribution in [1.29, 1.82) is 0 Å². The highest BCUT2D eigenvalue weighted by Crippen LogP contribution is 2.24. The summed E-state index contributed by atoms with van der Waals surface area (Å²) in [7, 11) is 0. The first-order valence-corrected chi connectivity index (χ1v) is 10.7. The third kappa shape index (κ3) is 4.70. The number of nitrogens with one attached hydrogen (secondary N) is 2. The van der Waals surface area contributed by atoms with Crippen LogP contribution in [0.2, 0.25) is 0 Å². The van der Waals surface area contributed by atoms with E-state index in [-0.39, 0.29) is 5.91 Å². The zero-order chi connectivity index (χ0) is 23.2. The Morgan fingerprint density at radius 1 is 1.03 bits per heavy atom. The third-order valence-electron chi connectivity index (χ3n) is 5.22. The smallest absolute Gasteiger partial charge is 0.251 e. The van der Waals surface area contributed by atoms with Crippen molar-refractivity contribution in [3.63, 3.8) is 0 Å². The molecule has 0 unspecified atom stereocenters. The van der Waals surface area contributed by atoms with Crippen LogP contribution in [0.25, 0.3) is 16.7 Å². The Hall–Kier alpha value is -4.73. The van der Waals surface area contributed by atoms with E-state index >= 15 is 0 Å². The molecule has 5 aromatic rings. The molecular formula is C24H21N9O. The fourth-order valence-corrected chi connectivity index (χ4v) is 3.45.